The van der Waals surface area contributed by atoms with Gasteiger partial charge in [-0.1, -0.05) is 6.92 Å². The molecule has 0 spiro atoms. The second kappa shape index (κ2) is 5.29. The summed E-state index contributed by atoms with van der Waals surface area (Å²) in [6.07, 6.45) is -4.20. The minimum absolute atomic E-state index is 0.488. The van der Waals surface area contributed by atoms with Gasteiger partial charge in [-0.2, -0.15) is 0 Å². The molecule has 0 unspecified atom stereocenters. The van der Waals surface area contributed by atoms with Crippen molar-refractivity contribution < 1.29 is 25.2 Å². The number of aliphatic hydroxyl groups is 4. The van der Waals surface area contributed by atoms with E-state index in [9.17, 15) is 15.3 Å². The first-order valence-corrected chi connectivity index (χ1v) is 5.58. The third kappa shape index (κ3) is 2.39. The lowest BCUT2D eigenvalue weighted by atomic mass is 10.1. The van der Waals surface area contributed by atoms with Crippen LogP contribution in [0.25, 0.3) is 0 Å². The molecule has 0 saturated carbocycles. The fraction of sp³-hybridized carbons (Fsp3) is 1.00. The van der Waals surface area contributed by atoms with Crippen LogP contribution in [-0.4, -0.2) is 62.6 Å². The Kier molecular flexibility index (Phi) is 4.62. The van der Waals surface area contributed by atoms with E-state index < -0.39 is 36.5 Å². The zero-order valence-electron chi connectivity index (χ0n) is 7.91. The summed E-state index contributed by atoms with van der Waals surface area (Å²) in [5, 5.41) is 37.0. The average Bonchev–Trinajstić information content (AvgIpc) is 2.46. The Morgan fingerprint density at radius 2 is 2.00 bits per heavy atom. The summed E-state index contributed by atoms with van der Waals surface area (Å²) in [6, 6.07) is 0. The minimum atomic E-state index is -1.15. The predicted octanol–water partition coefficient (Wildman–Crippen LogP) is -1.46. The second-order valence-corrected chi connectivity index (χ2v) is 4.53. The van der Waals surface area contributed by atoms with Gasteiger partial charge in [-0.15, -0.1) is 11.8 Å². The number of ether oxygens (including phenoxy) is 1. The predicted molar refractivity (Wildman–Crippen MR) is 51.9 cm³/mol. The van der Waals surface area contributed by atoms with Gasteiger partial charge >= 0.3 is 0 Å². The Bertz CT molecular complexity index is 177. The number of aliphatic hydroxyl groups excluding tert-OH is 4. The van der Waals surface area contributed by atoms with Crippen molar-refractivity contribution in [1.29, 1.82) is 0 Å². The molecule has 1 saturated heterocycles. The molecule has 0 bridgehead atoms. The van der Waals surface area contributed by atoms with E-state index in [-0.39, 0.29) is 0 Å². The molecule has 84 valence electrons. The molecule has 1 fully saturated rings. The molecule has 0 amide bonds. The van der Waals surface area contributed by atoms with Crippen LogP contribution in [0, 0.1) is 0 Å². The van der Waals surface area contributed by atoms with E-state index in [2.05, 4.69) is 0 Å². The van der Waals surface area contributed by atoms with Crippen LogP contribution in [0.2, 0.25) is 0 Å². The largest absolute Gasteiger partial charge is 0.394 e. The van der Waals surface area contributed by atoms with E-state index in [4.69, 9.17) is 9.84 Å². The number of thioether (sulfide) groups is 1. The number of hydrogen-bond acceptors (Lipinski definition) is 6. The monoisotopic (exact) mass is 224 g/mol. The van der Waals surface area contributed by atoms with Gasteiger partial charge in [0.05, 0.1) is 6.61 Å². The fourth-order valence-electron chi connectivity index (χ4n) is 1.40. The van der Waals surface area contributed by atoms with Crippen molar-refractivity contribution in [2.24, 2.45) is 0 Å². The highest BCUT2D eigenvalue weighted by Gasteiger charge is 2.45. The topological polar surface area (TPSA) is 90.2 Å². The third-order valence-corrected chi connectivity index (χ3v) is 3.21. The van der Waals surface area contributed by atoms with Crippen molar-refractivity contribution in [3.8, 4) is 0 Å². The maximum absolute atomic E-state index is 9.51. The summed E-state index contributed by atoms with van der Waals surface area (Å²) < 4.78 is 5.23. The van der Waals surface area contributed by atoms with Crippen LogP contribution >= 0.6 is 11.8 Å². The van der Waals surface area contributed by atoms with Gasteiger partial charge in [-0.3, -0.25) is 0 Å². The van der Waals surface area contributed by atoms with Crippen LogP contribution in [0.5, 0.6) is 0 Å². The summed E-state index contributed by atoms with van der Waals surface area (Å²) in [6.45, 7) is 1.42. The van der Waals surface area contributed by atoms with Crippen LogP contribution < -0.4 is 0 Å². The Morgan fingerprint density at radius 3 is 2.50 bits per heavy atom. The standard InChI is InChI=1S/C8H16O5S/c1-2-14-8-6(12)5(11)7(13-8)4(10)3-9/h4-12H,2-3H2,1H3/t4-,5+,6+,7-,8-/m0/s1. The minimum Gasteiger partial charge on any atom is -0.394 e. The Hall–Kier alpha value is 0.150. The Balaban J connectivity index is 2.57. The summed E-state index contributed by atoms with van der Waals surface area (Å²) in [5.41, 5.74) is -0.527. The first-order chi connectivity index (χ1) is 6.61. The van der Waals surface area contributed by atoms with E-state index in [1.165, 1.54) is 11.8 Å². The van der Waals surface area contributed by atoms with Crippen molar-refractivity contribution in [1.82, 2.24) is 0 Å². The molecule has 6 heteroatoms. The van der Waals surface area contributed by atoms with Gasteiger partial charge in [0.2, 0.25) is 0 Å². The molecule has 4 N–H and O–H groups in total. The van der Waals surface area contributed by atoms with Gasteiger partial charge in [-0.25, -0.2) is 0 Å². The fourth-order valence-corrected chi connectivity index (χ4v) is 2.29. The molecular formula is C8H16O5S. The van der Waals surface area contributed by atoms with Crippen LogP contribution in [0.1, 0.15) is 6.92 Å². The number of rotatable bonds is 4. The molecule has 1 aliphatic heterocycles. The van der Waals surface area contributed by atoms with Crippen molar-refractivity contribution >= 4 is 11.8 Å². The van der Waals surface area contributed by atoms with Crippen LogP contribution in [0.15, 0.2) is 0 Å². The first kappa shape index (κ1) is 12.2. The lowest BCUT2D eigenvalue weighted by Gasteiger charge is -2.18. The maximum Gasteiger partial charge on any atom is 0.132 e. The molecule has 0 radical (unpaired) electrons. The Morgan fingerprint density at radius 1 is 1.36 bits per heavy atom. The molecule has 1 rings (SSSR count). The molecule has 14 heavy (non-hydrogen) atoms. The van der Waals surface area contributed by atoms with Crippen LogP contribution in [0.4, 0.5) is 0 Å². The van der Waals surface area contributed by atoms with Gasteiger partial charge in [0.15, 0.2) is 0 Å². The van der Waals surface area contributed by atoms with E-state index in [1.807, 2.05) is 6.92 Å². The van der Waals surface area contributed by atoms with E-state index >= 15 is 0 Å². The second-order valence-electron chi connectivity index (χ2n) is 3.16. The maximum atomic E-state index is 9.51. The van der Waals surface area contributed by atoms with Crippen LogP contribution in [0.3, 0.4) is 0 Å². The van der Waals surface area contributed by atoms with Crippen LogP contribution in [-0.2, 0) is 4.74 Å². The highest BCUT2D eigenvalue weighted by Crippen LogP contribution is 2.30. The average molecular weight is 224 g/mol. The van der Waals surface area contributed by atoms with Gasteiger partial charge in [-0.05, 0) is 5.75 Å². The molecule has 0 aromatic rings. The van der Waals surface area contributed by atoms with Crippen molar-refractivity contribution in [2.45, 2.75) is 36.8 Å². The molecule has 0 aromatic carbocycles. The molecule has 1 heterocycles. The molecule has 5 atom stereocenters. The zero-order valence-corrected chi connectivity index (χ0v) is 8.72. The number of hydrogen-bond donors (Lipinski definition) is 4. The van der Waals surface area contributed by atoms with E-state index in [1.54, 1.807) is 0 Å². The first-order valence-electron chi connectivity index (χ1n) is 4.54. The SMILES string of the molecule is CCS[C@@H]1O[C@@H]([C@@H](O)CO)[C@H](O)[C@H]1O. The van der Waals surface area contributed by atoms with E-state index in [0.717, 1.165) is 5.75 Å². The van der Waals surface area contributed by atoms with Gasteiger partial charge in [0, 0.05) is 0 Å². The molecule has 0 aromatic heterocycles. The van der Waals surface area contributed by atoms with E-state index in [0.29, 0.717) is 0 Å². The molecule has 1 aliphatic rings. The summed E-state index contributed by atoms with van der Waals surface area (Å²) >= 11 is 1.36. The van der Waals surface area contributed by atoms with Gasteiger partial charge in [0.1, 0.15) is 29.9 Å². The molecule has 0 aliphatic carbocycles. The summed E-state index contributed by atoms with van der Waals surface area (Å²) in [4.78, 5) is 0. The van der Waals surface area contributed by atoms with Crippen molar-refractivity contribution in [2.75, 3.05) is 12.4 Å². The molecular weight excluding hydrogens is 208 g/mol. The highest BCUT2D eigenvalue weighted by molar-refractivity contribution is 7.99. The normalized spacial score (nSPS) is 40.1. The summed E-state index contributed by atoms with van der Waals surface area (Å²) in [7, 11) is 0. The van der Waals surface area contributed by atoms with Gasteiger partial charge < -0.3 is 25.2 Å². The Labute approximate surface area is 86.7 Å². The quantitative estimate of drug-likeness (QED) is 0.466. The van der Waals surface area contributed by atoms with Gasteiger partial charge in [0.25, 0.3) is 0 Å². The summed E-state index contributed by atoms with van der Waals surface area (Å²) in [5.74, 6) is 0.746. The lowest BCUT2D eigenvalue weighted by Crippen LogP contribution is -2.40. The van der Waals surface area contributed by atoms with Crippen molar-refractivity contribution in [3.05, 3.63) is 0 Å². The smallest absolute Gasteiger partial charge is 0.132 e. The third-order valence-electron chi connectivity index (χ3n) is 2.15. The zero-order chi connectivity index (χ0) is 10.7. The highest BCUT2D eigenvalue weighted by atomic mass is 32.2. The molecule has 5 nitrogen and oxygen atoms in total. The van der Waals surface area contributed by atoms with Crippen molar-refractivity contribution in [3.63, 3.8) is 0 Å². The lowest BCUT2D eigenvalue weighted by molar-refractivity contribution is -0.0713.